The molecule has 3 rings (SSSR count). The lowest BCUT2D eigenvalue weighted by Crippen LogP contribution is -2.28. The van der Waals surface area contributed by atoms with Gasteiger partial charge in [0, 0.05) is 21.5 Å². The normalized spacial score (nSPS) is 15.1. The number of carbonyl (C=O) groups excluding carboxylic acids is 1. The summed E-state index contributed by atoms with van der Waals surface area (Å²) in [6, 6.07) is 6.18. The number of hydrogen-bond acceptors (Lipinski definition) is 3. The van der Waals surface area contributed by atoms with Crippen molar-refractivity contribution in [3.63, 3.8) is 0 Å². The second-order valence-electron chi connectivity index (χ2n) is 5.26. The molecule has 1 heterocycles. The summed E-state index contributed by atoms with van der Waals surface area (Å²) in [5, 5.41) is 4.21. The number of carbonyl (C=O) groups is 1. The van der Waals surface area contributed by atoms with Crippen LogP contribution < -0.4 is 11.1 Å². The number of anilines is 1. The zero-order valence-electron chi connectivity index (χ0n) is 11.2. The number of hydrogen-bond donors (Lipinski definition) is 2. The van der Waals surface area contributed by atoms with Crippen molar-refractivity contribution in [2.45, 2.75) is 32.2 Å². The van der Waals surface area contributed by atoms with E-state index >= 15 is 0 Å². The molecular formula is C15H16BrN3O. The highest BCUT2D eigenvalue weighted by atomic mass is 79.9. The van der Waals surface area contributed by atoms with Gasteiger partial charge in [0.05, 0.1) is 11.1 Å². The van der Waals surface area contributed by atoms with Crippen molar-refractivity contribution in [2.75, 3.05) is 5.32 Å². The monoisotopic (exact) mass is 333 g/mol. The van der Waals surface area contributed by atoms with Crippen LogP contribution in [0.1, 0.15) is 35.2 Å². The van der Waals surface area contributed by atoms with Crippen molar-refractivity contribution in [2.24, 2.45) is 5.73 Å². The minimum atomic E-state index is -0.412. The van der Waals surface area contributed by atoms with Crippen molar-refractivity contribution in [3.05, 3.63) is 33.8 Å². The average Bonchev–Trinajstić information content (AvgIpc) is 2.33. The molecule has 4 nitrogen and oxygen atoms in total. The summed E-state index contributed by atoms with van der Waals surface area (Å²) in [5.41, 5.74) is 7.74. The molecule has 0 bridgehead atoms. The Balaban J connectivity index is 2.19. The smallest absolute Gasteiger partial charge is 0.249 e. The summed E-state index contributed by atoms with van der Waals surface area (Å²) in [6.07, 6.45) is 3.57. The summed E-state index contributed by atoms with van der Waals surface area (Å²) < 4.78 is 0.911. The number of fused-ring (bicyclic) bond motifs is 1. The standard InChI is InChI=1S/C15H16BrN3O/c1-8-13(14(17)20)11-7-9(16)5-6-12(11)19-15(8)18-10-3-2-4-10/h5-7,10H,2-4H2,1H3,(H2,17,20)(H,18,19). The Bertz CT molecular complexity index is 695. The van der Waals surface area contributed by atoms with Crippen molar-refractivity contribution < 1.29 is 4.79 Å². The summed E-state index contributed by atoms with van der Waals surface area (Å²) in [6.45, 7) is 1.90. The Hall–Kier alpha value is -1.62. The van der Waals surface area contributed by atoms with E-state index in [1.807, 2.05) is 25.1 Å². The highest BCUT2D eigenvalue weighted by Crippen LogP contribution is 2.30. The lowest BCUT2D eigenvalue weighted by molar-refractivity contribution is 0.100. The number of nitrogens with zero attached hydrogens (tertiary/aromatic N) is 1. The number of nitrogens with two attached hydrogens (primary N) is 1. The number of pyridine rings is 1. The van der Waals surface area contributed by atoms with Crippen molar-refractivity contribution >= 4 is 38.6 Å². The van der Waals surface area contributed by atoms with Gasteiger partial charge < -0.3 is 11.1 Å². The minimum Gasteiger partial charge on any atom is -0.367 e. The molecule has 0 spiro atoms. The van der Waals surface area contributed by atoms with Crippen molar-refractivity contribution in [1.82, 2.24) is 4.98 Å². The molecule has 0 radical (unpaired) electrons. The van der Waals surface area contributed by atoms with E-state index in [1.165, 1.54) is 6.42 Å². The number of benzene rings is 1. The SMILES string of the molecule is Cc1c(NC2CCC2)nc2ccc(Br)cc2c1C(N)=O. The first kappa shape index (κ1) is 13.4. The molecule has 1 aliphatic carbocycles. The van der Waals surface area contributed by atoms with Crippen LogP contribution in [0.3, 0.4) is 0 Å². The molecule has 0 saturated heterocycles. The largest absolute Gasteiger partial charge is 0.367 e. The fraction of sp³-hybridized carbons (Fsp3) is 0.333. The lowest BCUT2D eigenvalue weighted by atomic mass is 9.92. The Morgan fingerprint density at radius 1 is 1.45 bits per heavy atom. The van der Waals surface area contributed by atoms with Crippen molar-refractivity contribution in [1.29, 1.82) is 0 Å². The quantitative estimate of drug-likeness (QED) is 0.904. The van der Waals surface area contributed by atoms with Gasteiger partial charge in [0.15, 0.2) is 0 Å². The zero-order valence-corrected chi connectivity index (χ0v) is 12.8. The van der Waals surface area contributed by atoms with E-state index in [0.717, 1.165) is 39.6 Å². The minimum absolute atomic E-state index is 0.412. The number of nitrogens with one attached hydrogen (secondary N) is 1. The van der Waals surface area contributed by atoms with E-state index in [-0.39, 0.29) is 0 Å². The van der Waals surface area contributed by atoms with E-state index in [9.17, 15) is 4.79 Å². The highest BCUT2D eigenvalue weighted by molar-refractivity contribution is 9.10. The Labute approximate surface area is 125 Å². The Morgan fingerprint density at radius 3 is 2.80 bits per heavy atom. The summed E-state index contributed by atoms with van der Waals surface area (Å²) >= 11 is 3.42. The molecule has 3 N–H and O–H groups in total. The molecule has 1 fully saturated rings. The van der Waals surface area contributed by atoms with Gasteiger partial charge in [-0.15, -0.1) is 0 Å². The van der Waals surface area contributed by atoms with Crippen LogP contribution in [0.25, 0.3) is 10.9 Å². The third-order valence-electron chi connectivity index (χ3n) is 3.88. The van der Waals surface area contributed by atoms with Gasteiger partial charge in [0.2, 0.25) is 5.91 Å². The van der Waals surface area contributed by atoms with Crippen LogP contribution in [0.5, 0.6) is 0 Å². The second-order valence-corrected chi connectivity index (χ2v) is 6.17. The average molecular weight is 334 g/mol. The van der Waals surface area contributed by atoms with Gasteiger partial charge in [-0.2, -0.15) is 0 Å². The fourth-order valence-electron chi connectivity index (χ4n) is 2.53. The molecule has 2 aromatic rings. The second kappa shape index (κ2) is 5.05. The molecule has 0 aliphatic heterocycles. The molecule has 1 aliphatic rings. The first-order chi connectivity index (χ1) is 9.56. The molecule has 0 unspecified atom stereocenters. The van der Waals surface area contributed by atoms with Gasteiger partial charge in [0.25, 0.3) is 0 Å². The molecule has 0 atom stereocenters. The van der Waals surface area contributed by atoms with Crippen LogP contribution in [-0.2, 0) is 0 Å². The maximum Gasteiger partial charge on any atom is 0.249 e. The number of aromatic nitrogens is 1. The van der Waals surface area contributed by atoms with E-state index < -0.39 is 5.91 Å². The molecule has 1 amide bonds. The van der Waals surface area contributed by atoms with Gasteiger partial charge in [-0.25, -0.2) is 4.98 Å². The van der Waals surface area contributed by atoms with Gasteiger partial charge in [-0.3, -0.25) is 4.79 Å². The summed E-state index contributed by atoms with van der Waals surface area (Å²) in [7, 11) is 0. The number of primary amides is 1. The lowest BCUT2D eigenvalue weighted by Gasteiger charge is -2.28. The van der Waals surface area contributed by atoms with E-state index in [4.69, 9.17) is 5.73 Å². The van der Waals surface area contributed by atoms with Crippen LogP contribution in [0.4, 0.5) is 5.82 Å². The topological polar surface area (TPSA) is 68.0 Å². The molecule has 20 heavy (non-hydrogen) atoms. The maximum absolute atomic E-state index is 11.8. The highest BCUT2D eigenvalue weighted by Gasteiger charge is 2.21. The van der Waals surface area contributed by atoms with Crippen LogP contribution in [0.2, 0.25) is 0 Å². The van der Waals surface area contributed by atoms with Crippen LogP contribution in [0.15, 0.2) is 22.7 Å². The first-order valence-electron chi connectivity index (χ1n) is 6.72. The predicted molar refractivity (Wildman–Crippen MR) is 84.0 cm³/mol. The zero-order chi connectivity index (χ0) is 14.3. The molecule has 1 saturated carbocycles. The molecular weight excluding hydrogens is 318 g/mol. The molecule has 5 heteroatoms. The maximum atomic E-state index is 11.8. The number of amides is 1. The van der Waals surface area contributed by atoms with Crippen molar-refractivity contribution in [3.8, 4) is 0 Å². The van der Waals surface area contributed by atoms with Crippen LogP contribution >= 0.6 is 15.9 Å². The number of rotatable bonds is 3. The van der Waals surface area contributed by atoms with E-state index in [0.29, 0.717) is 11.6 Å². The molecule has 104 valence electrons. The fourth-order valence-corrected chi connectivity index (χ4v) is 2.90. The first-order valence-corrected chi connectivity index (χ1v) is 7.52. The van der Waals surface area contributed by atoms with Crippen LogP contribution in [0, 0.1) is 6.92 Å². The van der Waals surface area contributed by atoms with E-state index in [2.05, 4.69) is 26.2 Å². The third-order valence-corrected chi connectivity index (χ3v) is 4.38. The van der Waals surface area contributed by atoms with E-state index in [1.54, 1.807) is 0 Å². The Morgan fingerprint density at radius 2 is 2.20 bits per heavy atom. The van der Waals surface area contributed by atoms with Crippen LogP contribution in [-0.4, -0.2) is 16.9 Å². The number of halogens is 1. The van der Waals surface area contributed by atoms with Gasteiger partial charge >= 0.3 is 0 Å². The van der Waals surface area contributed by atoms with Gasteiger partial charge in [0.1, 0.15) is 5.82 Å². The summed E-state index contributed by atoms with van der Waals surface area (Å²) in [4.78, 5) is 16.5. The van der Waals surface area contributed by atoms with Gasteiger partial charge in [-0.05, 0) is 44.4 Å². The third kappa shape index (κ3) is 2.26. The Kier molecular flexibility index (Phi) is 3.38. The van der Waals surface area contributed by atoms with Gasteiger partial charge in [-0.1, -0.05) is 15.9 Å². The molecule has 1 aromatic carbocycles. The predicted octanol–water partition coefficient (Wildman–Crippen LogP) is 3.37. The summed E-state index contributed by atoms with van der Waals surface area (Å²) in [5.74, 6) is 0.364. The molecule has 1 aromatic heterocycles.